The fraction of sp³-hybridized carbons (Fsp3) is 0.238. The van der Waals surface area contributed by atoms with Gasteiger partial charge in [0.2, 0.25) is 5.91 Å². The van der Waals surface area contributed by atoms with Crippen LogP contribution in [0.2, 0.25) is 0 Å². The van der Waals surface area contributed by atoms with Gasteiger partial charge in [0.05, 0.1) is 7.11 Å². The van der Waals surface area contributed by atoms with Gasteiger partial charge in [0, 0.05) is 36.6 Å². The number of methoxy groups -OCH3 is 1. The third-order valence-corrected chi connectivity index (χ3v) is 5.06. The molecule has 27 heavy (non-hydrogen) atoms. The van der Waals surface area contributed by atoms with E-state index in [0.717, 1.165) is 11.2 Å². The van der Waals surface area contributed by atoms with E-state index in [4.69, 9.17) is 4.74 Å². The van der Waals surface area contributed by atoms with Gasteiger partial charge in [0.25, 0.3) is 5.91 Å². The van der Waals surface area contributed by atoms with Gasteiger partial charge >= 0.3 is 0 Å². The average molecular weight is 363 g/mol. The van der Waals surface area contributed by atoms with Crippen molar-refractivity contribution in [2.45, 2.75) is 13.0 Å². The van der Waals surface area contributed by atoms with Crippen molar-refractivity contribution in [3.05, 3.63) is 66.5 Å². The lowest BCUT2D eigenvalue weighted by molar-refractivity contribution is -0.124. The van der Waals surface area contributed by atoms with Crippen molar-refractivity contribution in [2.24, 2.45) is 0 Å². The Hall–Kier alpha value is -3.28. The van der Waals surface area contributed by atoms with Crippen molar-refractivity contribution in [1.82, 2.24) is 9.30 Å². The molecule has 1 atom stereocenters. The van der Waals surface area contributed by atoms with Crippen LogP contribution in [0.25, 0.3) is 5.52 Å². The first kappa shape index (κ1) is 17.1. The quantitative estimate of drug-likeness (QED) is 0.719. The summed E-state index contributed by atoms with van der Waals surface area (Å²) >= 11 is 0. The highest BCUT2D eigenvalue weighted by atomic mass is 16.5. The van der Waals surface area contributed by atoms with Crippen LogP contribution in [0.1, 0.15) is 17.4 Å². The number of amides is 2. The van der Waals surface area contributed by atoms with Crippen LogP contribution in [-0.4, -0.2) is 47.4 Å². The minimum atomic E-state index is -0.535. The van der Waals surface area contributed by atoms with Crippen LogP contribution in [0.3, 0.4) is 0 Å². The Morgan fingerprint density at radius 1 is 1.07 bits per heavy atom. The van der Waals surface area contributed by atoms with Gasteiger partial charge in [-0.05, 0) is 43.3 Å². The van der Waals surface area contributed by atoms with Crippen LogP contribution in [0.4, 0.5) is 5.69 Å². The zero-order chi connectivity index (χ0) is 19.0. The first-order valence-corrected chi connectivity index (χ1v) is 8.92. The monoisotopic (exact) mass is 363 g/mol. The minimum Gasteiger partial charge on any atom is -0.497 e. The second kappa shape index (κ2) is 6.79. The number of carbonyl (C=O) groups is 2. The van der Waals surface area contributed by atoms with E-state index in [-0.39, 0.29) is 11.8 Å². The molecule has 1 aromatic carbocycles. The molecule has 0 bridgehead atoms. The summed E-state index contributed by atoms with van der Waals surface area (Å²) in [5.41, 5.74) is 2.31. The van der Waals surface area contributed by atoms with Crippen LogP contribution < -0.4 is 9.64 Å². The normalized spacial score (nSPS) is 17.4. The van der Waals surface area contributed by atoms with Crippen molar-refractivity contribution in [3.63, 3.8) is 0 Å². The SMILES string of the molecule is COc1cccc(N2CCN(C(=O)c3ccc4ccccn34)C(C)C2=O)c1. The fourth-order valence-corrected chi connectivity index (χ4v) is 3.56. The number of rotatable bonds is 3. The summed E-state index contributed by atoms with van der Waals surface area (Å²) in [5, 5.41) is 0. The number of nitrogens with zero attached hydrogens (tertiary/aromatic N) is 3. The summed E-state index contributed by atoms with van der Waals surface area (Å²) in [6.07, 6.45) is 1.86. The van der Waals surface area contributed by atoms with E-state index in [1.165, 1.54) is 0 Å². The van der Waals surface area contributed by atoms with Crippen molar-refractivity contribution >= 4 is 23.0 Å². The average Bonchev–Trinajstić information content (AvgIpc) is 3.13. The van der Waals surface area contributed by atoms with E-state index >= 15 is 0 Å². The number of piperazine rings is 1. The highest BCUT2D eigenvalue weighted by Gasteiger charge is 2.36. The summed E-state index contributed by atoms with van der Waals surface area (Å²) < 4.78 is 7.11. The summed E-state index contributed by atoms with van der Waals surface area (Å²) in [7, 11) is 1.60. The summed E-state index contributed by atoms with van der Waals surface area (Å²) in [5.74, 6) is 0.474. The molecule has 0 spiro atoms. The zero-order valence-corrected chi connectivity index (χ0v) is 15.3. The summed E-state index contributed by atoms with van der Waals surface area (Å²) in [6.45, 7) is 2.71. The molecule has 3 aromatic rings. The molecular formula is C21H21N3O3. The molecule has 1 aliphatic heterocycles. The third-order valence-electron chi connectivity index (χ3n) is 5.06. The second-order valence-electron chi connectivity index (χ2n) is 6.58. The standard InChI is InChI=1S/C21H21N3O3/c1-15-20(25)24(17-7-5-8-18(14-17)27-2)13-12-22(15)21(26)19-10-9-16-6-3-4-11-23(16)19/h3-11,14-15H,12-13H2,1-2H3. The predicted octanol–water partition coefficient (Wildman–Crippen LogP) is 2.83. The number of hydrogen-bond acceptors (Lipinski definition) is 3. The Kier molecular flexibility index (Phi) is 4.32. The largest absolute Gasteiger partial charge is 0.497 e. The van der Waals surface area contributed by atoms with Crippen LogP contribution >= 0.6 is 0 Å². The molecule has 3 heterocycles. The molecular weight excluding hydrogens is 342 g/mol. The van der Waals surface area contributed by atoms with E-state index in [2.05, 4.69) is 0 Å². The smallest absolute Gasteiger partial charge is 0.271 e. The number of anilines is 1. The Labute approximate surface area is 157 Å². The molecule has 1 aliphatic rings. The van der Waals surface area contributed by atoms with Gasteiger partial charge in [-0.25, -0.2) is 0 Å². The maximum absolute atomic E-state index is 13.1. The number of hydrogen-bond donors (Lipinski definition) is 0. The third kappa shape index (κ3) is 2.93. The van der Waals surface area contributed by atoms with Crippen molar-refractivity contribution < 1.29 is 14.3 Å². The van der Waals surface area contributed by atoms with E-state index in [9.17, 15) is 9.59 Å². The molecule has 138 valence electrons. The van der Waals surface area contributed by atoms with Gasteiger partial charge < -0.3 is 18.9 Å². The molecule has 4 rings (SSSR count). The zero-order valence-electron chi connectivity index (χ0n) is 15.3. The first-order valence-electron chi connectivity index (χ1n) is 8.92. The molecule has 1 unspecified atom stereocenters. The number of fused-ring (bicyclic) bond motifs is 1. The van der Waals surface area contributed by atoms with E-state index < -0.39 is 6.04 Å². The Morgan fingerprint density at radius 3 is 2.74 bits per heavy atom. The topological polar surface area (TPSA) is 54.3 Å². The van der Waals surface area contributed by atoms with Gasteiger partial charge in [-0.15, -0.1) is 0 Å². The van der Waals surface area contributed by atoms with Gasteiger partial charge in [-0.1, -0.05) is 12.1 Å². The molecule has 0 radical (unpaired) electrons. The summed E-state index contributed by atoms with van der Waals surface area (Å²) in [6, 6.07) is 16.4. The lowest BCUT2D eigenvalue weighted by atomic mass is 10.1. The molecule has 1 saturated heterocycles. The van der Waals surface area contributed by atoms with Gasteiger partial charge in [0.1, 0.15) is 17.5 Å². The van der Waals surface area contributed by atoms with Crippen LogP contribution in [0.15, 0.2) is 60.8 Å². The number of ether oxygens (including phenoxy) is 1. The molecule has 2 amide bonds. The highest BCUT2D eigenvalue weighted by Crippen LogP contribution is 2.25. The number of benzene rings is 1. The Bertz CT molecular complexity index is 1010. The lowest BCUT2D eigenvalue weighted by Crippen LogP contribution is -2.57. The highest BCUT2D eigenvalue weighted by molar-refractivity contribution is 6.03. The van der Waals surface area contributed by atoms with Crippen molar-refractivity contribution in [3.8, 4) is 5.75 Å². The molecule has 2 aromatic heterocycles. The van der Waals surface area contributed by atoms with Crippen LogP contribution in [0.5, 0.6) is 5.75 Å². The van der Waals surface area contributed by atoms with Crippen molar-refractivity contribution in [2.75, 3.05) is 25.1 Å². The van der Waals surface area contributed by atoms with Gasteiger partial charge in [-0.2, -0.15) is 0 Å². The Balaban J connectivity index is 1.58. The van der Waals surface area contributed by atoms with E-state index in [1.807, 2.05) is 65.2 Å². The Morgan fingerprint density at radius 2 is 1.93 bits per heavy atom. The van der Waals surface area contributed by atoms with Crippen molar-refractivity contribution in [1.29, 1.82) is 0 Å². The molecule has 0 saturated carbocycles. The fourth-order valence-electron chi connectivity index (χ4n) is 3.56. The van der Waals surface area contributed by atoms with E-state index in [1.54, 1.807) is 23.8 Å². The number of carbonyl (C=O) groups excluding carboxylic acids is 2. The maximum atomic E-state index is 13.1. The molecule has 6 nitrogen and oxygen atoms in total. The predicted molar refractivity (Wildman–Crippen MR) is 103 cm³/mol. The van der Waals surface area contributed by atoms with Gasteiger partial charge in [0.15, 0.2) is 0 Å². The minimum absolute atomic E-state index is 0.0938. The lowest BCUT2D eigenvalue weighted by Gasteiger charge is -2.39. The molecule has 0 aliphatic carbocycles. The molecule has 0 N–H and O–H groups in total. The van der Waals surface area contributed by atoms with Crippen LogP contribution in [0, 0.1) is 0 Å². The maximum Gasteiger partial charge on any atom is 0.271 e. The summed E-state index contributed by atoms with van der Waals surface area (Å²) in [4.78, 5) is 29.4. The second-order valence-corrected chi connectivity index (χ2v) is 6.58. The van der Waals surface area contributed by atoms with Crippen LogP contribution in [-0.2, 0) is 4.79 Å². The molecule has 1 fully saturated rings. The first-order chi connectivity index (χ1) is 13.1. The van der Waals surface area contributed by atoms with Gasteiger partial charge in [-0.3, -0.25) is 9.59 Å². The molecule has 6 heteroatoms. The van der Waals surface area contributed by atoms with E-state index in [0.29, 0.717) is 24.5 Å². The number of pyridine rings is 1. The number of aromatic nitrogens is 1.